The number of aldehydes is 1. The molecule has 1 aliphatic carbocycles. The van der Waals surface area contributed by atoms with Crippen molar-refractivity contribution >= 4 is 12.1 Å². The van der Waals surface area contributed by atoms with Crippen LogP contribution in [0.5, 0.6) is 0 Å². The summed E-state index contributed by atoms with van der Waals surface area (Å²) in [5.74, 6) is 2.62. The van der Waals surface area contributed by atoms with Gasteiger partial charge in [0.1, 0.15) is 11.5 Å². The van der Waals surface area contributed by atoms with Gasteiger partial charge in [-0.25, -0.2) is 9.67 Å². The molecule has 2 aliphatic rings. The van der Waals surface area contributed by atoms with Crippen LogP contribution >= 0.6 is 0 Å². The Morgan fingerprint density at radius 1 is 1.32 bits per heavy atom. The minimum atomic E-state index is 0.506. The Kier molecular flexibility index (Phi) is 3.17. The van der Waals surface area contributed by atoms with E-state index in [1.54, 1.807) is 4.68 Å². The van der Waals surface area contributed by atoms with Gasteiger partial charge in [0.15, 0.2) is 6.29 Å². The number of hydrogen-bond donors (Lipinski definition) is 0. The van der Waals surface area contributed by atoms with E-state index in [4.69, 9.17) is 0 Å². The summed E-state index contributed by atoms with van der Waals surface area (Å²) >= 11 is 0. The van der Waals surface area contributed by atoms with Crippen molar-refractivity contribution in [3.63, 3.8) is 0 Å². The first-order chi connectivity index (χ1) is 10.8. The first-order valence-corrected chi connectivity index (χ1v) is 7.86. The quantitative estimate of drug-likeness (QED) is 0.784. The monoisotopic (exact) mass is 297 g/mol. The molecule has 0 amide bonds. The van der Waals surface area contributed by atoms with Gasteiger partial charge in [0.2, 0.25) is 0 Å². The third-order valence-electron chi connectivity index (χ3n) is 4.69. The lowest BCUT2D eigenvalue weighted by Crippen LogP contribution is -2.23. The van der Waals surface area contributed by atoms with E-state index in [1.807, 2.05) is 25.3 Å². The Bertz CT molecular complexity index is 700. The summed E-state index contributed by atoms with van der Waals surface area (Å²) in [5.41, 5.74) is 2.34. The molecule has 3 heterocycles. The van der Waals surface area contributed by atoms with E-state index < -0.39 is 0 Å². The van der Waals surface area contributed by atoms with Crippen molar-refractivity contribution in [2.75, 3.05) is 18.0 Å². The summed E-state index contributed by atoms with van der Waals surface area (Å²) in [7, 11) is 0. The fourth-order valence-corrected chi connectivity index (χ4v) is 3.24. The highest BCUT2D eigenvalue weighted by atomic mass is 16.1. The van der Waals surface area contributed by atoms with Crippen LogP contribution in [0.2, 0.25) is 0 Å². The number of carbonyl (C=O) groups is 1. The van der Waals surface area contributed by atoms with Crippen LogP contribution in [-0.4, -0.2) is 39.4 Å². The average molecular weight is 297 g/mol. The lowest BCUT2D eigenvalue weighted by atomic mass is 10.2. The second-order valence-corrected chi connectivity index (χ2v) is 6.25. The summed E-state index contributed by atoms with van der Waals surface area (Å²) in [6, 6.07) is 4.01. The minimum Gasteiger partial charge on any atom is -0.356 e. The highest BCUT2D eigenvalue weighted by Crippen LogP contribution is 2.45. The van der Waals surface area contributed by atoms with E-state index in [0.717, 1.165) is 54.7 Å². The lowest BCUT2D eigenvalue weighted by molar-refractivity contribution is 0.111. The normalized spacial score (nSPS) is 22.7. The Labute approximate surface area is 129 Å². The Hall–Kier alpha value is -2.24. The second kappa shape index (κ2) is 5.19. The summed E-state index contributed by atoms with van der Waals surface area (Å²) in [6.45, 7) is 4.73. The van der Waals surface area contributed by atoms with Crippen LogP contribution < -0.4 is 4.90 Å². The molecule has 4 rings (SSSR count). The number of carbonyl (C=O) groups excluding carboxylic acids is 1. The average Bonchev–Trinajstić information content (AvgIpc) is 2.97. The molecule has 2 fully saturated rings. The predicted octanol–water partition coefficient (Wildman–Crippen LogP) is 1.55. The van der Waals surface area contributed by atoms with Crippen LogP contribution in [0.25, 0.3) is 0 Å². The van der Waals surface area contributed by atoms with Gasteiger partial charge in [0.25, 0.3) is 0 Å². The number of anilines is 1. The van der Waals surface area contributed by atoms with Crippen LogP contribution in [0, 0.1) is 11.8 Å². The molecule has 0 radical (unpaired) electrons. The van der Waals surface area contributed by atoms with Crippen LogP contribution in [0.3, 0.4) is 0 Å². The molecule has 0 spiro atoms. The Morgan fingerprint density at radius 2 is 2.14 bits per heavy atom. The molecule has 114 valence electrons. The van der Waals surface area contributed by atoms with Crippen molar-refractivity contribution in [3.05, 3.63) is 35.3 Å². The van der Waals surface area contributed by atoms with Crippen LogP contribution in [0.1, 0.15) is 35.1 Å². The Morgan fingerprint density at radius 3 is 2.82 bits per heavy atom. The molecule has 0 bridgehead atoms. The first-order valence-electron chi connectivity index (χ1n) is 7.86. The van der Waals surface area contributed by atoms with E-state index >= 15 is 0 Å². The first kappa shape index (κ1) is 13.4. The number of piperidine rings is 1. The van der Waals surface area contributed by atoms with Crippen molar-refractivity contribution in [2.24, 2.45) is 11.8 Å². The van der Waals surface area contributed by atoms with Crippen LogP contribution in [0.4, 0.5) is 5.82 Å². The third kappa shape index (κ3) is 2.38. The largest absolute Gasteiger partial charge is 0.356 e. The molecular weight excluding hydrogens is 278 g/mol. The van der Waals surface area contributed by atoms with E-state index in [-0.39, 0.29) is 0 Å². The topological polar surface area (TPSA) is 63.9 Å². The molecule has 2 aromatic heterocycles. The van der Waals surface area contributed by atoms with Crippen molar-refractivity contribution in [1.82, 2.24) is 20.0 Å². The lowest BCUT2D eigenvalue weighted by Gasteiger charge is -2.19. The second-order valence-electron chi connectivity index (χ2n) is 6.25. The number of pyridine rings is 1. The molecule has 1 saturated carbocycles. The number of rotatable bonds is 5. The maximum atomic E-state index is 11.4. The fourth-order valence-electron chi connectivity index (χ4n) is 3.24. The zero-order chi connectivity index (χ0) is 15.1. The predicted molar refractivity (Wildman–Crippen MR) is 81.9 cm³/mol. The van der Waals surface area contributed by atoms with Crippen molar-refractivity contribution in [3.8, 4) is 0 Å². The number of aryl methyl sites for hydroxylation is 1. The van der Waals surface area contributed by atoms with Crippen molar-refractivity contribution < 1.29 is 4.79 Å². The summed E-state index contributed by atoms with van der Waals surface area (Å²) < 4.78 is 1.76. The summed E-state index contributed by atoms with van der Waals surface area (Å²) in [5, 5.41) is 8.16. The number of aromatic nitrogens is 4. The van der Waals surface area contributed by atoms with Gasteiger partial charge < -0.3 is 4.90 Å². The molecular formula is C16H19N5O. The summed E-state index contributed by atoms with van der Waals surface area (Å²) in [6.07, 6.45) is 4.97. The maximum absolute atomic E-state index is 11.4. The maximum Gasteiger partial charge on any atom is 0.168 e. The van der Waals surface area contributed by atoms with Gasteiger partial charge in [-0.2, -0.15) is 0 Å². The molecule has 1 aliphatic heterocycles. The molecule has 0 N–H and O–H groups in total. The van der Waals surface area contributed by atoms with E-state index in [2.05, 4.69) is 20.2 Å². The molecule has 1 saturated heterocycles. The standard InChI is InChI=1S/C16H19N5O/c1-2-14-9-21(19-18-14)8-11-3-4-16(17-15(11)10-22)20-6-12-5-13(12)7-20/h3-4,9-10,12-13H,2,5-8H2,1H3. The van der Waals surface area contributed by atoms with Gasteiger partial charge in [-0.1, -0.05) is 18.2 Å². The van der Waals surface area contributed by atoms with Crippen molar-refractivity contribution in [1.29, 1.82) is 0 Å². The molecule has 2 aromatic rings. The number of nitrogens with zero attached hydrogens (tertiary/aromatic N) is 5. The van der Waals surface area contributed by atoms with Gasteiger partial charge in [0, 0.05) is 24.8 Å². The van der Waals surface area contributed by atoms with E-state index in [1.165, 1.54) is 6.42 Å². The van der Waals surface area contributed by atoms with Gasteiger partial charge >= 0.3 is 0 Å². The molecule has 2 unspecified atom stereocenters. The molecule has 6 heteroatoms. The van der Waals surface area contributed by atoms with Crippen molar-refractivity contribution in [2.45, 2.75) is 26.3 Å². The zero-order valence-electron chi connectivity index (χ0n) is 12.6. The van der Waals surface area contributed by atoms with E-state index in [0.29, 0.717) is 12.2 Å². The summed E-state index contributed by atoms with van der Waals surface area (Å²) in [4.78, 5) is 18.2. The highest BCUT2D eigenvalue weighted by Gasteiger charge is 2.45. The van der Waals surface area contributed by atoms with Crippen LogP contribution in [-0.2, 0) is 13.0 Å². The molecule has 22 heavy (non-hydrogen) atoms. The van der Waals surface area contributed by atoms with Gasteiger partial charge in [-0.3, -0.25) is 4.79 Å². The number of hydrogen-bond acceptors (Lipinski definition) is 5. The van der Waals surface area contributed by atoms with Crippen LogP contribution in [0.15, 0.2) is 18.3 Å². The van der Waals surface area contributed by atoms with Gasteiger partial charge in [-0.05, 0) is 30.7 Å². The van der Waals surface area contributed by atoms with Gasteiger partial charge in [-0.15, -0.1) is 5.10 Å². The van der Waals surface area contributed by atoms with Gasteiger partial charge in [0.05, 0.1) is 12.2 Å². The SMILES string of the molecule is CCc1cn(Cc2ccc(N3CC4CC4C3)nc2C=O)nn1. The highest BCUT2D eigenvalue weighted by molar-refractivity contribution is 5.75. The fraction of sp³-hybridized carbons (Fsp3) is 0.500. The minimum absolute atomic E-state index is 0.506. The Balaban J connectivity index is 1.55. The molecule has 0 aromatic carbocycles. The molecule has 2 atom stereocenters. The number of fused-ring (bicyclic) bond motifs is 1. The zero-order valence-corrected chi connectivity index (χ0v) is 12.6. The van der Waals surface area contributed by atoms with E-state index in [9.17, 15) is 4.79 Å². The third-order valence-corrected chi connectivity index (χ3v) is 4.69. The smallest absolute Gasteiger partial charge is 0.168 e. The molecule has 6 nitrogen and oxygen atoms in total.